The molecular formula is C22H22N6O3S. The van der Waals surface area contributed by atoms with Crippen molar-refractivity contribution >= 4 is 34.6 Å². The fourth-order valence-corrected chi connectivity index (χ4v) is 5.12. The SMILES string of the molecule is CC(=O)c1c(N)n2ncc(-c3cnn(-c4ccsc4)c3)c2nc1[C@H]1CC[C@H](C(=O)O)CC1. The third-order valence-electron chi connectivity index (χ3n) is 6.19. The molecule has 0 aliphatic heterocycles. The van der Waals surface area contributed by atoms with Gasteiger partial charge in [-0.1, -0.05) is 0 Å². The summed E-state index contributed by atoms with van der Waals surface area (Å²) in [5, 5.41) is 22.2. The third kappa shape index (κ3) is 3.36. The number of carbonyl (C=O) groups excluding carboxylic acids is 1. The molecule has 0 spiro atoms. The Labute approximate surface area is 187 Å². The van der Waals surface area contributed by atoms with E-state index in [9.17, 15) is 14.7 Å². The van der Waals surface area contributed by atoms with Gasteiger partial charge in [-0.15, -0.1) is 0 Å². The molecular weight excluding hydrogens is 428 g/mol. The molecule has 164 valence electrons. The number of carboxylic acids is 1. The highest BCUT2D eigenvalue weighted by atomic mass is 32.1. The monoisotopic (exact) mass is 450 g/mol. The minimum Gasteiger partial charge on any atom is -0.481 e. The van der Waals surface area contributed by atoms with Crippen molar-refractivity contribution in [3.05, 3.63) is 46.7 Å². The topological polar surface area (TPSA) is 128 Å². The van der Waals surface area contributed by atoms with Gasteiger partial charge in [0.25, 0.3) is 0 Å². The molecule has 0 amide bonds. The Morgan fingerprint density at radius 3 is 2.62 bits per heavy atom. The first-order chi connectivity index (χ1) is 15.4. The first-order valence-corrected chi connectivity index (χ1v) is 11.4. The average Bonchev–Trinajstić information content (AvgIpc) is 3.52. The van der Waals surface area contributed by atoms with Gasteiger partial charge in [0, 0.05) is 28.6 Å². The van der Waals surface area contributed by atoms with E-state index in [0.717, 1.165) is 16.8 Å². The highest BCUT2D eigenvalue weighted by Crippen LogP contribution is 2.39. The maximum absolute atomic E-state index is 12.5. The largest absolute Gasteiger partial charge is 0.481 e. The fourth-order valence-electron chi connectivity index (χ4n) is 4.50. The molecule has 0 radical (unpaired) electrons. The highest BCUT2D eigenvalue weighted by molar-refractivity contribution is 7.08. The van der Waals surface area contributed by atoms with E-state index in [1.54, 1.807) is 28.4 Å². The third-order valence-corrected chi connectivity index (χ3v) is 6.86. The highest BCUT2D eigenvalue weighted by Gasteiger charge is 2.31. The van der Waals surface area contributed by atoms with E-state index in [2.05, 4.69) is 10.2 Å². The van der Waals surface area contributed by atoms with Gasteiger partial charge in [0.2, 0.25) is 0 Å². The van der Waals surface area contributed by atoms with Crippen LogP contribution in [-0.4, -0.2) is 41.2 Å². The van der Waals surface area contributed by atoms with Crippen molar-refractivity contribution in [2.24, 2.45) is 5.92 Å². The number of hydrogen-bond donors (Lipinski definition) is 2. The predicted molar refractivity (Wildman–Crippen MR) is 120 cm³/mol. The van der Waals surface area contributed by atoms with Crippen LogP contribution in [-0.2, 0) is 4.79 Å². The van der Waals surface area contributed by atoms with Gasteiger partial charge in [0.15, 0.2) is 11.4 Å². The van der Waals surface area contributed by atoms with Crippen LogP contribution in [0.5, 0.6) is 0 Å². The van der Waals surface area contributed by atoms with Crippen LogP contribution < -0.4 is 5.73 Å². The zero-order valence-corrected chi connectivity index (χ0v) is 18.2. The Kier molecular flexibility index (Phi) is 5.01. The minimum atomic E-state index is -0.765. The number of thiophene rings is 1. The van der Waals surface area contributed by atoms with Crippen molar-refractivity contribution < 1.29 is 14.7 Å². The molecule has 0 unspecified atom stereocenters. The molecule has 0 aromatic carbocycles. The molecule has 4 aromatic rings. The maximum Gasteiger partial charge on any atom is 0.306 e. The fraction of sp³-hybridized carbons (Fsp3) is 0.318. The predicted octanol–water partition coefficient (Wildman–Crippen LogP) is 3.79. The summed E-state index contributed by atoms with van der Waals surface area (Å²) >= 11 is 1.59. The lowest BCUT2D eigenvalue weighted by molar-refractivity contribution is -0.142. The van der Waals surface area contributed by atoms with E-state index < -0.39 is 5.97 Å². The van der Waals surface area contributed by atoms with Gasteiger partial charge >= 0.3 is 5.97 Å². The summed E-state index contributed by atoms with van der Waals surface area (Å²) in [6, 6.07) is 1.98. The Morgan fingerprint density at radius 1 is 1.19 bits per heavy atom. The number of nitrogens with two attached hydrogens (primary N) is 1. The second-order valence-electron chi connectivity index (χ2n) is 8.15. The molecule has 0 saturated heterocycles. The van der Waals surface area contributed by atoms with E-state index in [0.29, 0.717) is 42.6 Å². The van der Waals surface area contributed by atoms with Gasteiger partial charge in [-0.3, -0.25) is 9.59 Å². The summed E-state index contributed by atoms with van der Waals surface area (Å²) in [4.78, 5) is 28.7. The number of carboxylic acid groups (broad SMARTS) is 1. The van der Waals surface area contributed by atoms with Crippen molar-refractivity contribution in [2.75, 3.05) is 5.73 Å². The van der Waals surface area contributed by atoms with Crippen molar-refractivity contribution in [3.63, 3.8) is 0 Å². The van der Waals surface area contributed by atoms with Gasteiger partial charge in [-0.05, 0) is 44.1 Å². The van der Waals surface area contributed by atoms with Crippen LogP contribution in [0.4, 0.5) is 5.82 Å². The standard InChI is InChI=1S/C22H22N6O3S/c1-12(29)18-19(13-2-4-14(5-3-13)22(30)31)26-21-17(9-25-28(21)20(18)23)15-8-24-27(10-15)16-6-7-32-11-16/h6-11,13-14H,2-5,23H2,1H3,(H,30,31)/t13-,14-. The molecule has 3 N–H and O–H groups in total. The number of hydrogen-bond acceptors (Lipinski definition) is 7. The molecule has 1 fully saturated rings. The van der Waals surface area contributed by atoms with Crippen LogP contribution in [0.25, 0.3) is 22.5 Å². The van der Waals surface area contributed by atoms with Crippen molar-refractivity contribution in [1.82, 2.24) is 24.4 Å². The average molecular weight is 451 g/mol. The van der Waals surface area contributed by atoms with Crippen LogP contribution in [0.15, 0.2) is 35.4 Å². The lowest BCUT2D eigenvalue weighted by atomic mass is 9.79. The number of nitrogens with zero attached hydrogens (tertiary/aromatic N) is 5. The Morgan fingerprint density at radius 2 is 1.97 bits per heavy atom. The molecule has 4 aromatic heterocycles. The minimum absolute atomic E-state index is 0.0203. The van der Waals surface area contributed by atoms with E-state index in [4.69, 9.17) is 10.7 Å². The molecule has 1 aliphatic rings. The van der Waals surface area contributed by atoms with Crippen LogP contribution in [0, 0.1) is 5.92 Å². The summed E-state index contributed by atoms with van der Waals surface area (Å²) in [6.07, 6.45) is 7.77. The van der Waals surface area contributed by atoms with Gasteiger partial charge < -0.3 is 10.8 Å². The van der Waals surface area contributed by atoms with Crippen molar-refractivity contribution in [2.45, 2.75) is 38.5 Å². The van der Waals surface area contributed by atoms with E-state index in [1.807, 2.05) is 23.0 Å². The molecule has 10 heteroatoms. The number of nitrogen functional groups attached to an aromatic ring is 1. The first-order valence-electron chi connectivity index (χ1n) is 10.4. The summed E-state index contributed by atoms with van der Waals surface area (Å²) < 4.78 is 3.29. The smallest absolute Gasteiger partial charge is 0.306 e. The Bertz CT molecular complexity index is 1320. The maximum atomic E-state index is 12.5. The quantitative estimate of drug-likeness (QED) is 0.443. The normalized spacial score (nSPS) is 18.8. The lowest BCUT2D eigenvalue weighted by Crippen LogP contribution is -2.23. The zero-order valence-electron chi connectivity index (χ0n) is 17.4. The number of rotatable bonds is 5. The molecule has 0 atom stereocenters. The summed E-state index contributed by atoms with van der Waals surface area (Å²) in [7, 11) is 0. The second kappa shape index (κ2) is 7.86. The van der Waals surface area contributed by atoms with Crippen LogP contribution in [0.3, 0.4) is 0 Å². The molecule has 32 heavy (non-hydrogen) atoms. The van der Waals surface area contributed by atoms with Crippen LogP contribution in [0.1, 0.15) is 54.6 Å². The molecule has 0 bridgehead atoms. The number of fused-ring (bicyclic) bond motifs is 1. The second-order valence-corrected chi connectivity index (χ2v) is 8.93. The summed E-state index contributed by atoms with van der Waals surface area (Å²) in [5.74, 6) is -1.04. The van der Waals surface area contributed by atoms with E-state index in [1.165, 1.54) is 11.4 Å². The molecule has 4 heterocycles. The lowest BCUT2D eigenvalue weighted by Gasteiger charge is -2.27. The van der Waals surface area contributed by atoms with Crippen molar-refractivity contribution in [1.29, 1.82) is 0 Å². The first kappa shape index (κ1) is 20.4. The molecule has 5 rings (SSSR count). The Hall–Kier alpha value is -3.53. The number of carbonyl (C=O) groups is 2. The van der Waals surface area contributed by atoms with Crippen LogP contribution >= 0.6 is 11.3 Å². The Balaban J connectivity index is 1.59. The van der Waals surface area contributed by atoms with Gasteiger partial charge in [0.1, 0.15) is 5.82 Å². The summed E-state index contributed by atoms with van der Waals surface area (Å²) in [5.41, 5.74) is 10.6. The number of Topliss-reactive ketones (excluding diaryl/α,β-unsaturated/α-hetero) is 1. The van der Waals surface area contributed by atoms with Crippen LogP contribution in [0.2, 0.25) is 0 Å². The number of aliphatic carboxylic acids is 1. The van der Waals surface area contributed by atoms with Gasteiger partial charge in [-0.2, -0.15) is 26.0 Å². The van der Waals surface area contributed by atoms with Gasteiger partial charge in [0.05, 0.1) is 35.3 Å². The molecule has 1 aliphatic carbocycles. The number of ketones is 1. The number of anilines is 1. The zero-order chi connectivity index (χ0) is 22.4. The van der Waals surface area contributed by atoms with E-state index >= 15 is 0 Å². The van der Waals surface area contributed by atoms with Crippen molar-refractivity contribution in [3.8, 4) is 16.8 Å². The molecule has 9 nitrogen and oxygen atoms in total. The molecule has 1 saturated carbocycles. The van der Waals surface area contributed by atoms with E-state index in [-0.39, 0.29) is 23.4 Å². The summed E-state index contributed by atoms with van der Waals surface area (Å²) in [6.45, 7) is 1.47. The number of aromatic nitrogens is 5. The van der Waals surface area contributed by atoms with Gasteiger partial charge in [-0.25, -0.2) is 9.67 Å².